The van der Waals surface area contributed by atoms with Gasteiger partial charge in [0, 0.05) is 26.6 Å². The van der Waals surface area contributed by atoms with Crippen molar-refractivity contribution in [2.45, 2.75) is 50.6 Å². The van der Waals surface area contributed by atoms with Gasteiger partial charge in [0.2, 0.25) is 15.7 Å². The van der Waals surface area contributed by atoms with Crippen molar-refractivity contribution in [2.24, 2.45) is 7.05 Å². The lowest BCUT2D eigenvalue weighted by Crippen LogP contribution is -2.37. The molecule has 1 saturated heterocycles. The Kier molecular flexibility index (Phi) is 9.21. The van der Waals surface area contributed by atoms with Crippen LogP contribution >= 0.6 is 0 Å². The number of anilines is 2. The number of benzene rings is 1. The van der Waals surface area contributed by atoms with Crippen LogP contribution in [0.2, 0.25) is 0 Å². The first-order valence-electron chi connectivity index (χ1n) is 13.5. The quantitative estimate of drug-likeness (QED) is 0.344. The number of hydrogen-bond donors (Lipinski definition) is 2. The maximum atomic E-state index is 13.7. The molecule has 0 spiro atoms. The van der Waals surface area contributed by atoms with Crippen molar-refractivity contribution in [2.75, 3.05) is 50.2 Å². The Morgan fingerprint density at radius 3 is 2.48 bits per heavy atom. The van der Waals surface area contributed by atoms with Gasteiger partial charge in [-0.05, 0) is 38.5 Å². The Balaban J connectivity index is 1.59. The van der Waals surface area contributed by atoms with E-state index in [4.69, 9.17) is 14.2 Å². The number of aromatic nitrogens is 4. The molecule has 3 aromatic rings. The van der Waals surface area contributed by atoms with Gasteiger partial charge in [-0.25, -0.2) is 18.2 Å². The normalized spacial score (nSPS) is 14.1. The molecule has 0 unspecified atom stereocenters. The van der Waals surface area contributed by atoms with Crippen LogP contribution in [0.25, 0.3) is 11.2 Å². The minimum Gasteiger partial charge on any atom is -0.495 e. The zero-order chi connectivity index (χ0) is 30.7. The molecule has 14 nitrogen and oxygen atoms in total. The highest BCUT2D eigenvalue weighted by molar-refractivity contribution is 7.90. The molecule has 1 aliphatic heterocycles. The van der Waals surface area contributed by atoms with E-state index in [-0.39, 0.29) is 17.4 Å². The highest BCUT2D eigenvalue weighted by atomic mass is 32.2. The van der Waals surface area contributed by atoms with Gasteiger partial charge < -0.3 is 34.3 Å². The van der Waals surface area contributed by atoms with Gasteiger partial charge in [-0.1, -0.05) is 13.0 Å². The molecule has 1 aliphatic rings. The van der Waals surface area contributed by atoms with E-state index in [0.717, 1.165) is 5.82 Å². The number of aryl methyl sites for hydroxylation is 2. The van der Waals surface area contributed by atoms with E-state index in [1.54, 1.807) is 44.5 Å². The summed E-state index contributed by atoms with van der Waals surface area (Å²) in [5, 5.41) is 4.72. The van der Waals surface area contributed by atoms with Crippen molar-refractivity contribution < 1.29 is 32.2 Å². The van der Waals surface area contributed by atoms with Gasteiger partial charge in [0.1, 0.15) is 23.7 Å². The number of hydrogen-bond acceptors (Lipinski definition) is 11. The highest BCUT2D eigenvalue weighted by Crippen LogP contribution is 2.30. The molecule has 0 saturated carbocycles. The SMILES string of the molecule is CCc1nc2c(N3CCOCC3)nc(S(=O)(=O)Cc3ccc(OC)c(NC(=O)CNC(=O)OC(C)(C)C)c3)nc2n1C. The molecule has 2 amide bonds. The highest BCUT2D eigenvalue weighted by Gasteiger charge is 2.27. The van der Waals surface area contributed by atoms with E-state index in [1.807, 2.05) is 11.8 Å². The number of sulfone groups is 1. The van der Waals surface area contributed by atoms with Crippen LogP contribution in [0.3, 0.4) is 0 Å². The largest absolute Gasteiger partial charge is 0.495 e. The van der Waals surface area contributed by atoms with Gasteiger partial charge in [-0.2, -0.15) is 9.97 Å². The third-order valence-corrected chi connectivity index (χ3v) is 7.82. The predicted octanol–water partition coefficient (Wildman–Crippen LogP) is 2.21. The first kappa shape index (κ1) is 31.0. The minimum absolute atomic E-state index is 0.241. The minimum atomic E-state index is -4.03. The lowest BCUT2D eigenvalue weighted by Gasteiger charge is -2.28. The molecule has 2 aromatic heterocycles. The summed E-state index contributed by atoms with van der Waals surface area (Å²) in [6.07, 6.45) is -0.0946. The molecule has 1 aromatic carbocycles. The molecule has 0 radical (unpaired) electrons. The second-order valence-corrected chi connectivity index (χ2v) is 12.6. The monoisotopic (exact) mass is 603 g/mol. The number of ether oxygens (including phenoxy) is 3. The standard InChI is InChI=1S/C27H37N7O7S/c1-7-20-30-22-23(33(20)5)31-25(32-24(22)34-10-12-40-13-11-34)42(37,38)16-17-8-9-19(39-6)18(14-17)29-21(35)15-28-26(36)41-27(2,3)4/h8-9,14H,7,10-13,15-16H2,1-6H3,(H,28,36)(H,29,35). The topological polar surface area (TPSA) is 167 Å². The molecule has 0 atom stereocenters. The van der Waals surface area contributed by atoms with Crippen LogP contribution in [-0.2, 0) is 43.3 Å². The van der Waals surface area contributed by atoms with Crippen molar-refractivity contribution in [3.63, 3.8) is 0 Å². The van der Waals surface area contributed by atoms with E-state index in [0.29, 0.717) is 61.0 Å². The van der Waals surface area contributed by atoms with Crippen molar-refractivity contribution in [1.82, 2.24) is 24.8 Å². The predicted molar refractivity (Wildman–Crippen MR) is 155 cm³/mol. The summed E-state index contributed by atoms with van der Waals surface area (Å²) in [4.78, 5) is 40.0. The van der Waals surface area contributed by atoms with Crippen molar-refractivity contribution in [1.29, 1.82) is 0 Å². The van der Waals surface area contributed by atoms with E-state index in [2.05, 4.69) is 25.6 Å². The lowest BCUT2D eigenvalue weighted by molar-refractivity contribution is -0.115. The average molecular weight is 604 g/mol. The van der Waals surface area contributed by atoms with Gasteiger partial charge in [0.05, 0.1) is 31.8 Å². The number of carbonyl (C=O) groups is 2. The number of rotatable bonds is 9. The van der Waals surface area contributed by atoms with Crippen molar-refractivity contribution in [3.8, 4) is 5.75 Å². The second kappa shape index (κ2) is 12.5. The molecule has 3 heterocycles. The molecule has 2 N–H and O–H groups in total. The summed E-state index contributed by atoms with van der Waals surface area (Å²) in [5.41, 5.74) is 0.884. The van der Waals surface area contributed by atoms with E-state index < -0.39 is 33.2 Å². The van der Waals surface area contributed by atoms with Crippen molar-refractivity contribution in [3.05, 3.63) is 29.6 Å². The van der Waals surface area contributed by atoms with Crippen LogP contribution in [0, 0.1) is 0 Å². The smallest absolute Gasteiger partial charge is 0.408 e. The zero-order valence-corrected chi connectivity index (χ0v) is 25.5. The number of methoxy groups -OCH3 is 1. The second-order valence-electron chi connectivity index (χ2n) is 10.7. The molecule has 0 aliphatic carbocycles. The van der Waals surface area contributed by atoms with Crippen LogP contribution in [0.4, 0.5) is 16.3 Å². The van der Waals surface area contributed by atoms with Gasteiger partial charge in [0.25, 0.3) is 5.16 Å². The molecule has 15 heteroatoms. The fraction of sp³-hybridized carbons (Fsp3) is 0.519. The Bertz CT molecular complexity index is 1580. The van der Waals surface area contributed by atoms with Crippen LogP contribution < -0.4 is 20.3 Å². The molecule has 1 fully saturated rings. The van der Waals surface area contributed by atoms with Gasteiger partial charge in [0.15, 0.2) is 17.0 Å². The number of nitrogens with zero attached hydrogens (tertiary/aromatic N) is 5. The fourth-order valence-electron chi connectivity index (χ4n) is 4.41. The van der Waals surface area contributed by atoms with Crippen LogP contribution in [0.15, 0.2) is 23.4 Å². The molecule has 0 bridgehead atoms. The Labute approximate surface area is 244 Å². The Morgan fingerprint density at radius 1 is 1.12 bits per heavy atom. The number of amides is 2. The lowest BCUT2D eigenvalue weighted by atomic mass is 10.2. The Morgan fingerprint density at radius 2 is 1.83 bits per heavy atom. The zero-order valence-electron chi connectivity index (χ0n) is 24.7. The van der Waals surface area contributed by atoms with Gasteiger partial charge in [-0.15, -0.1) is 0 Å². The Hall–Kier alpha value is -3.98. The van der Waals surface area contributed by atoms with Crippen LogP contribution in [0.1, 0.15) is 39.1 Å². The molecule has 42 heavy (non-hydrogen) atoms. The summed E-state index contributed by atoms with van der Waals surface area (Å²) >= 11 is 0. The average Bonchev–Trinajstić information content (AvgIpc) is 3.26. The first-order chi connectivity index (χ1) is 19.8. The van der Waals surface area contributed by atoms with E-state index in [1.165, 1.54) is 13.2 Å². The van der Waals surface area contributed by atoms with E-state index >= 15 is 0 Å². The summed E-state index contributed by atoms with van der Waals surface area (Å²) in [5.74, 6) is 0.558. The van der Waals surface area contributed by atoms with Crippen LogP contribution in [0.5, 0.6) is 5.75 Å². The van der Waals surface area contributed by atoms with Gasteiger partial charge >= 0.3 is 6.09 Å². The number of carbonyl (C=O) groups excluding carboxylic acids is 2. The van der Waals surface area contributed by atoms with Crippen LogP contribution in [-0.4, -0.2) is 85.5 Å². The summed E-state index contributed by atoms with van der Waals surface area (Å²) in [7, 11) is -0.804. The fourth-order valence-corrected chi connectivity index (χ4v) is 5.61. The molecule has 228 valence electrons. The summed E-state index contributed by atoms with van der Waals surface area (Å²) < 4.78 is 45.1. The maximum absolute atomic E-state index is 13.7. The third-order valence-electron chi connectivity index (χ3n) is 6.36. The number of morpholine rings is 1. The summed E-state index contributed by atoms with van der Waals surface area (Å²) in [6, 6.07) is 4.65. The van der Waals surface area contributed by atoms with E-state index in [9.17, 15) is 18.0 Å². The van der Waals surface area contributed by atoms with Gasteiger partial charge in [-0.3, -0.25) is 4.79 Å². The third kappa shape index (κ3) is 7.26. The molecular formula is C27H37N7O7S. The number of imidazole rings is 1. The summed E-state index contributed by atoms with van der Waals surface area (Å²) in [6.45, 7) is 8.83. The number of nitrogens with one attached hydrogen (secondary N) is 2. The number of fused-ring (bicyclic) bond motifs is 1. The first-order valence-corrected chi connectivity index (χ1v) is 15.2. The molecule has 4 rings (SSSR count). The molecular weight excluding hydrogens is 566 g/mol. The van der Waals surface area contributed by atoms with Crippen molar-refractivity contribution >= 4 is 44.5 Å². The number of alkyl carbamates (subject to hydrolysis) is 1. The maximum Gasteiger partial charge on any atom is 0.408 e.